The second kappa shape index (κ2) is 6.67. The predicted octanol–water partition coefficient (Wildman–Crippen LogP) is 1.32. The van der Waals surface area contributed by atoms with Gasteiger partial charge in [0.25, 0.3) is 11.5 Å². The summed E-state index contributed by atoms with van der Waals surface area (Å²) in [5.41, 5.74) is -0.447. The van der Waals surface area contributed by atoms with Crippen molar-refractivity contribution in [3.05, 3.63) is 46.3 Å². The lowest BCUT2D eigenvalue weighted by atomic mass is 10.3. The van der Waals surface area contributed by atoms with Gasteiger partial charge in [0.1, 0.15) is 11.3 Å². The molecule has 0 aromatic carbocycles. The van der Waals surface area contributed by atoms with Gasteiger partial charge in [0.2, 0.25) is 10.1 Å². The van der Waals surface area contributed by atoms with Crippen molar-refractivity contribution in [1.82, 2.24) is 19.9 Å². The third-order valence-corrected chi connectivity index (χ3v) is 5.12. The highest BCUT2D eigenvalue weighted by atomic mass is 32.1. The molecule has 0 radical (unpaired) electrons. The van der Waals surface area contributed by atoms with Crippen LogP contribution in [0.15, 0.2) is 33.8 Å². The van der Waals surface area contributed by atoms with Crippen molar-refractivity contribution in [2.45, 2.75) is 19.3 Å². The van der Waals surface area contributed by atoms with E-state index in [0.29, 0.717) is 17.9 Å². The summed E-state index contributed by atoms with van der Waals surface area (Å²) in [6.45, 7) is 2.26. The van der Waals surface area contributed by atoms with Gasteiger partial charge in [0.15, 0.2) is 0 Å². The maximum absolute atomic E-state index is 12.6. The molecule has 0 unspecified atom stereocenters. The summed E-state index contributed by atoms with van der Waals surface area (Å²) < 4.78 is 6.43. The number of hydrogen-bond acceptors (Lipinski definition) is 7. The molecule has 3 aromatic rings. The predicted molar refractivity (Wildman–Crippen MR) is 93.3 cm³/mol. The average Bonchev–Trinajstić information content (AvgIpc) is 3.36. The molecule has 1 N–H and O–H groups in total. The van der Waals surface area contributed by atoms with Gasteiger partial charge >= 0.3 is 0 Å². The minimum absolute atomic E-state index is 0.00443. The van der Waals surface area contributed by atoms with Crippen molar-refractivity contribution < 1.29 is 9.21 Å². The molecular weight excluding hydrogens is 342 g/mol. The summed E-state index contributed by atoms with van der Waals surface area (Å²) in [5.74, 6) is 0.328. The number of fused-ring (bicyclic) bond motifs is 1. The van der Waals surface area contributed by atoms with Crippen LogP contribution in [0.4, 0.5) is 5.13 Å². The molecule has 1 aliphatic rings. The molecule has 0 aliphatic carbocycles. The molecule has 9 heteroatoms. The first kappa shape index (κ1) is 15.8. The monoisotopic (exact) mass is 359 g/mol. The number of carbonyl (C=O) groups is 1. The Morgan fingerprint density at radius 3 is 2.96 bits per heavy atom. The second-order valence-electron chi connectivity index (χ2n) is 5.84. The smallest absolute Gasteiger partial charge is 0.288 e. The zero-order valence-electron chi connectivity index (χ0n) is 13.5. The van der Waals surface area contributed by atoms with Crippen molar-refractivity contribution in [3.8, 4) is 0 Å². The maximum Gasteiger partial charge on any atom is 0.288 e. The van der Waals surface area contributed by atoms with Crippen LogP contribution in [0.2, 0.25) is 0 Å². The molecule has 8 nitrogen and oxygen atoms in total. The van der Waals surface area contributed by atoms with Crippen molar-refractivity contribution in [2.24, 2.45) is 0 Å². The lowest BCUT2D eigenvalue weighted by Gasteiger charge is -2.10. The Kier molecular flexibility index (Phi) is 4.22. The zero-order valence-corrected chi connectivity index (χ0v) is 14.3. The first-order valence-electron chi connectivity index (χ1n) is 8.17. The topological polar surface area (TPSA) is 92.7 Å². The van der Waals surface area contributed by atoms with Crippen LogP contribution in [0.3, 0.4) is 0 Å². The molecule has 0 spiro atoms. The molecule has 4 rings (SSSR count). The summed E-state index contributed by atoms with van der Waals surface area (Å²) in [4.78, 5) is 31.7. The lowest BCUT2D eigenvalue weighted by Crippen LogP contribution is -2.33. The number of nitrogens with zero attached hydrogens (tertiary/aromatic N) is 4. The Morgan fingerprint density at radius 1 is 1.36 bits per heavy atom. The Bertz CT molecular complexity index is 940. The Hall–Kier alpha value is -2.68. The van der Waals surface area contributed by atoms with Gasteiger partial charge in [0, 0.05) is 32.3 Å². The van der Waals surface area contributed by atoms with E-state index in [-0.39, 0.29) is 5.56 Å². The van der Waals surface area contributed by atoms with Crippen LogP contribution < -0.4 is 15.8 Å². The van der Waals surface area contributed by atoms with E-state index in [1.54, 1.807) is 12.3 Å². The van der Waals surface area contributed by atoms with Gasteiger partial charge in [-0.3, -0.25) is 9.59 Å². The molecule has 1 saturated heterocycles. The SMILES string of the molecule is O=C(NCCc1ccco1)c1cnc2sc(N3CCCC3)nn2c1=O. The Morgan fingerprint density at radius 2 is 2.20 bits per heavy atom. The van der Waals surface area contributed by atoms with E-state index in [9.17, 15) is 9.59 Å². The molecule has 1 fully saturated rings. The van der Waals surface area contributed by atoms with E-state index < -0.39 is 11.5 Å². The van der Waals surface area contributed by atoms with Crippen LogP contribution in [0.1, 0.15) is 29.0 Å². The number of aromatic nitrogens is 3. The first-order valence-corrected chi connectivity index (χ1v) is 8.98. The molecule has 0 atom stereocenters. The van der Waals surface area contributed by atoms with E-state index in [1.165, 1.54) is 22.0 Å². The van der Waals surface area contributed by atoms with Crippen molar-refractivity contribution in [3.63, 3.8) is 0 Å². The van der Waals surface area contributed by atoms with Crippen LogP contribution in [0, 0.1) is 0 Å². The number of rotatable bonds is 5. The molecule has 4 heterocycles. The summed E-state index contributed by atoms with van der Waals surface area (Å²) in [6, 6.07) is 3.63. The number of furan rings is 1. The highest BCUT2D eigenvalue weighted by Gasteiger charge is 2.20. The largest absolute Gasteiger partial charge is 0.469 e. The third kappa shape index (κ3) is 3.14. The van der Waals surface area contributed by atoms with Gasteiger partial charge in [0.05, 0.1) is 6.26 Å². The summed E-state index contributed by atoms with van der Waals surface area (Å²) in [5, 5.41) is 7.84. The number of amides is 1. The van der Waals surface area contributed by atoms with Gasteiger partial charge in [-0.05, 0) is 25.0 Å². The van der Waals surface area contributed by atoms with Crippen molar-refractivity contribution in [2.75, 3.05) is 24.5 Å². The van der Waals surface area contributed by atoms with Crippen LogP contribution >= 0.6 is 11.3 Å². The summed E-state index contributed by atoms with van der Waals surface area (Å²) >= 11 is 1.37. The van der Waals surface area contributed by atoms with Crippen LogP contribution in [-0.4, -0.2) is 40.1 Å². The standard InChI is InChI=1S/C16H17N5O3S/c22-13(17-6-5-11-4-3-9-24-11)12-10-18-15-21(14(12)23)19-16(25-15)20-7-1-2-8-20/h3-4,9-10H,1-2,5-8H2,(H,17,22). The maximum atomic E-state index is 12.6. The second-order valence-corrected chi connectivity index (χ2v) is 6.77. The minimum atomic E-state index is -0.450. The molecule has 0 bridgehead atoms. The molecule has 3 aromatic heterocycles. The van der Waals surface area contributed by atoms with Gasteiger partial charge in [-0.1, -0.05) is 11.3 Å². The Labute approximate surface area is 147 Å². The van der Waals surface area contributed by atoms with E-state index >= 15 is 0 Å². The van der Waals surface area contributed by atoms with Crippen LogP contribution in [0.5, 0.6) is 0 Å². The fourth-order valence-electron chi connectivity index (χ4n) is 2.82. The van der Waals surface area contributed by atoms with Gasteiger partial charge in [-0.25, -0.2) is 4.98 Å². The quantitative estimate of drug-likeness (QED) is 0.738. The van der Waals surface area contributed by atoms with Gasteiger partial charge in [-0.2, -0.15) is 4.52 Å². The van der Waals surface area contributed by atoms with Crippen LogP contribution in [0.25, 0.3) is 4.96 Å². The van der Waals surface area contributed by atoms with Crippen molar-refractivity contribution >= 4 is 27.3 Å². The summed E-state index contributed by atoms with van der Waals surface area (Å²) in [6.07, 6.45) is 5.72. The minimum Gasteiger partial charge on any atom is -0.469 e. The Balaban J connectivity index is 1.51. The highest BCUT2D eigenvalue weighted by molar-refractivity contribution is 7.20. The number of nitrogens with one attached hydrogen (secondary N) is 1. The number of hydrogen-bond donors (Lipinski definition) is 1. The zero-order chi connectivity index (χ0) is 17.2. The molecule has 1 amide bonds. The van der Waals surface area contributed by atoms with E-state index in [4.69, 9.17) is 4.42 Å². The first-order chi connectivity index (χ1) is 12.2. The van der Waals surface area contributed by atoms with Crippen LogP contribution in [-0.2, 0) is 6.42 Å². The van der Waals surface area contributed by atoms with Crippen molar-refractivity contribution in [1.29, 1.82) is 0 Å². The lowest BCUT2D eigenvalue weighted by molar-refractivity contribution is 0.0951. The summed E-state index contributed by atoms with van der Waals surface area (Å²) in [7, 11) is 0. The fourth-order valence-corrected chi connectivity index (χ4v) is 3.73. The molecule has 25 heavy (non-hydrogen) atoms. The normalized spacial score (nSPS) is 14.3. The third-order valence-electron chi connectivity index (χ3n) is 4.13. The van der Waals surface area contributed by atoms with E-state index in [0.717, 1.165) is 36.8 Å². The van der Waals surface area contributed by atoms with Gasteiger partial charge in [-0.15, -0.1) is 5.10 Å². The number of anilines is 1. The fraction of sp³-hybridized carbons (Fsp3) is 0.375. The molecule has 130 valence electrons. The molecule has 0 saturated carbocycles. The highest BCUT2D eigenvalue weighted by Crippen LogP contribution is 2.24. The molecule has 1 aliphatic heterocycles. The molecular formula is C16H17N5O3S. The average molecular weight is 359 g/mol. The number of carbonyl (C=O) groups excluding carboxylic acids is 1. The van der Waals surface area contributed by atoms with Gasteiger partial charge < -0.3 is 14.6 Å². The van der Waals surface area contributed by atoms with E-state index in [1.807, 2.05) is 6.07 Å². The van der Waals surface area contributed by atoms with E-state index in [2.05, 4.69) is 20.3 Å².